The summed E-state index contributed by atoms with van der Waals surface area (Å²) in [6.07, 6.45) is 2.72. The fourth-order valence-corrected chi connectivity index (χ4v) is 5.28. The number of carbonyl (C=O) groups excluding carboxylic acids is 2. The van der Waals surface area contributed by atoms with Crippen LogP contribution in [0, 0.1) is 17.3 Å². The number of piperazine rings is 1. The lowest BCUT2D eigenvalue weighted by Crippen LogP contribution is -2.60. The van der Waals surface area contributed by atoms with E-state index in [4.69, 9.17) is 5.73 Å². The highest BCUT2D eigenvalue weighted by molar-refractivity contribution is 5.89. The van der Waals surface area contributed by atoms with E-state index < -0.39 is 17.9 Å². The van der Waals surface area contributed by atoms with Crippen molar-refractivity contribution in [1.29, 1.82) is 0 Å². The first-order chi connectivity index (χ1) is 14.3. The van der Waals surface area contributed by atoms with Crippen LogP contribution in [0.5, 0.6) is 0 Å². The van der Waals surface area contributed by atoms with Crippen molar-refractivity contribution in [2.24, 2.45) is 23.0 Å². The second-order valence-corrected chi connectivity index (χ2v) is 8.95. The maximum atomic E-state index is 13.3. The van der Waals surface area contributed by atoms with Crippen molar-refractivity contribution in [3.63, 3.8) is 0 Å². The Balaban J connectivity index is 1.39. The van der Waals surface area contributed by atoms with Crippen LogP contribution in [0.1, 0.15) is 18.5 Å². The highest BCUT2D eigenvalue weighted by Crippen LogP contribution is 2.59. The summed E-state index contributed by atoms with van der Waals surface area (Å²) in [5.41, 5.74) is 6.07. The van der Waals surface area contributed by atoms with Gasteiger partial charge in [-0.25, -0.2) is 0 Å². The van der Waals surface area contributed by atoms with Gasteiger partial charge < -0.3 is 15.7 Å². The molecule has 9 nitrogen and oxygen atoms in total. The van der Waals surface area contributed by atoms with Gasteiger partial charge in [0.25, 0.3) is 0 Å². The zero-order valence-corrected chi connectivity index (χ0v) is 17.2. The van der Waals surface area contributed by atoms with Gasteiger partial charge in [-0.3, -0.25) is 29.2 Å². The summed E-state index contributed by atoms with van der Waals surface area (Å²) >= 11 is 0. The van der Waals surface area contributed by atoms with E-state index in [1.165, 1.54) is 0 Å². The second-order valence-electron chi connectivity index (χ2n) is 8.95. The van der Waals surface area contributed by atoms with Gasteiger partial charge in [-0.15, -0.1) is 0 Å². The maximum Gasteiger partial charge on any atom is 0.308 e. The number of carbonyl (C=O) groups is 3. The number of likely N-dealkylation sites (tertiary alicyclic amines) is 1. The average Bonchev–Trinajstić information content (AvgIpc) is 3.41. The Hall–Kier alpha value is -2.52. The molecule has 1 aromatic rings. The number of hydrogen-bond acceptors (Lipinski definition) is 6. The van der Waals surface area contributed by atoms with Crippen molar-refractivity contribution in [2.75, 3.05) is 39.8 Å². The first kappa shape index (κ1) is 20.7. The zero-order chi connectivity index (χ0) is 21.5. The number of carboxylic acid groups (broad SMARTS) is 1. The molecule has 9 heteroatoms. The number of pyridine rings is 1. The van der Waals surface area contributed by atoms with Crippen molar-refractivity contribution in [2.45, 2.75) is 25.4 Å². The fraction of sp³-hybridized carbons (Fsp3) is 0.619. The number of piperidine rings is 1. The largest absolute Gasteiger partial charge is 0.481 e. The van der Waals surface area contributed by atoms with Gasteiger partial charge in [0, 0.05) is 51.4 Å². The Bertz CT molecular complexity index is 826. The van der Waals surface area contributed by atoms with Crippen molar-refractivity contribution < 1.29 is 19.5 Å². The number of amides is 2. The molecule has 2 amide bonds. The monoisotopic (exact) mass is 415 g/mol. The molecule has 3 N–H and O–H groups in total. The topological polar surface area (TPSA) is 120 Å². The van der Waals surface area contributed by atoms with Gasteiger partial charge in [-0.2, -0.15) is 0 Å². The van der Waals surface area contributed by atoms with Crippen molar-refractivity contribution in [3.05, 3.63) is 30.1 Å². The standard InChI is InChI=1S/C21H29N5O4/c1-24-13-21(11-16(21)18(22)27)10-15(20(29)30)17(24)19(28)26-8-6-25(7-9-26)12-14-4-2-3-5-23-14/h2-5,15-17H,6-13H2,1H3,(H2,22,27)(H,29,30). The van der Waals surface area contributed by atoms with E-state index in [1.807, 2.05) is 23.1 Å². The molecule has 3 aliphatic rings. The third-order valence-corrected chi connectivity index (χ3v) is 6.95. The van der Waals surface area contributed by atoms with Gasteiger partial charge in [0.05, 0.1) is 11.6 Å². The van der Waals surface area contributed by atoms with Crippen LogP contribution in [0.4, 0.5) is 0 Å². The van der Waals surface area contributed by atoms with Crippen LogP contribution in [0.15, 0.2) is 24.4 Å². The van der Waals surface area contributed by atoms with E-state index in [0.29, 0.717) is 32.5 Å². The van der Waals surface area contributed by atoms with Crippen LogP contribution in [0.25, 0.3) is 0 Å². The van der Waals surface area contributed by atoms with E-state index >= 15 is 0 Å². The molecule has 2 aliphatic heterocycles. The summed E-state index contributed by atoms with van der Waals surface area (Å²) in [4.78, 5) is 47.1. The predicted octanol–water partition coefficient (Wildman–Crippen LogP) is -0.378. The quantitative estimate of drug-likeness (QED) is 0.673. The summed E-state index contributed by atoms with van der Waals surface area (Å²) in [5, 5.41) is 9.84. The fourth-order valence-electron chi connectivity index (χ4n) is 5.28. The lowest BCUT2D eigenvalue weighted by Gasteiger charge is -2.44. The number of carboxylic acids is 1. The smallest absolute Gasteiger partial charge is 0.308 e. The van der Waals surface area contributed by atoms with Crippen LogP contribution < -0.4 is 5.73 Å². The number of nitrogens with zero attached hydrogens (tertiary/aromatic N) is 4. The van der Waals surface area contributed by atoms with Crippen molar-refractivity contribution in [3.8, 4) is 0 Å². The molecule has 1 aromatic heterocycles. The molecule has 30 heavy (non-hydrogen) atoms. The molecule has 4 atom stereocenters. The van der Waals surface area contributed by atoms with Crippen molar-refractivity contribution >= 4 is 17.8 Å². The molecule has 4 rings (SSSR count). The number of rotatable bonds is 5. The normalized spacial score (nSPS) is 32.2. The lowest BCUT2D eigenvalue weighted by molar-refractivity contribution is -0.157. The number of hydrogen-bond donors (Lipinski definition) is 2. The van der Waals surface area contributed by atoms with Gasteiger partial charge >= 0.3 is 5.97 Å². The van der Waals surface area contributed by atoms with Crippen LogP contribution in [-0.2, 0) is 20.9 Å². The highest BCUT2D eigenvalue weighted by atomic mass is 16.4. The Morgan fingerprint density at radius 2 is 1.93 bits per heavy atom. The summed E-state index contributed by atoms with van der Waals surface area (Å²) < 4.78 is 0. The molecule has 0 bridgehead atoms. The summed E-state index contributed by atoms with van der Waals surface area (Å²) in [7, 11) is 1.78. The molecule has 4 unspecified atom stereocenters. The van der Waals surface area contributed by atoms with Gasteiger partial charge in [0.15, 0.2) is 0 Å². The number of likely N-dealkylation sites (N-methyl/N-ethyl adjacent to an activating group) is 1. The first-order valence-electron chi connectivity index (χ1n) is 10.4. The minimum Gasteiger partial charge on any atom is -0.481 e. The van der Waals surface area contributed by atoms with Crippen LogP contribution >= 0.6 is 0 Å². The minimum absolute atomic E-state index is 0.131. The van der Waals surface area contributed by atoms with Crippen LogP contribution in [0.3, 0.4) is 0 Å². The van der Waals surface area contributed by atoms with E-state index in [-0.39, 0.29) is 23.1 Å². The average molecular weight is 415 g/mol. The molecule has 0 aromatic carbocycles. The predicted molar refractivity (Wildman–Crippen MR) is 108 cm³/mol. The van der Waals surface area contributed by atoms with E-state index in [1.54, 1.807) is 18.1 Å². The first-order valence-corrected chi connectivity index (χ1v) is 10.4. The molecular weight excluding hydrogens is 386 g/mol. The van der Waals surface area contributed by atoms with E-state index in [0.717, 1.165) is 25.3 Å². The van der Waals surface area contributed by atoms with Gasteiger partial charge in [-0.05, 0) is 37.4 Å². The number of primary amides is 1. The molecule has 1 saturated carbocycles. The Morgan fingerprint density at radius 3 is 2.50 bits per heavy atom. The number of aromatic nitrogens is 1. The molecular formula is C21H29N5O4. The van der Waals surface area contributed by atoms with Gasteiger partial charge in [0.1, 0.15) is 6.04 Å². The summed E-state index contributed by atoms with van der Waals surface area (Å²) in [6, 6.07) is 5.13. The Morgan fingerprint density at radius 1 is 1.20 bits per heavy atom. The molecule has 3 heterocycles. The van der Waals surface area contributed by atoms with Crippen molar-refractivity contribution in [1.82, 2.24) is 19.7 Å². The molecule has 3 fully saturated rings. The van der Waals surface area contributed by atoms with E-state index in [9.17, 15) is 19.5 Å². The SMILES string of the molecule is CN1CC2(CC(C(=O)O)C1C(=O)N1CCN(Cc3ccccn3)CC1)CC2C(N)=O. The van der Waals surface area contributed by atoms with Crippen LogP contribution in [0.2, 0.25) is 0 Å². The Kier molecular flexibility index (Phi) is 5.50. The molecule has 2 saturated heterocycles. The third kappa shape index (κ3) is 3.91. The highest BCUT2D eigenvalue weighted by Gasteiger charge is 2.63. The molecule has 1 aliphatic carbocycles. The molecule has 0 radical (unpaired) electrons. The Labute approximate surface area is 175 Å². The van der Waals surface area contributed by atoms with Gasteiger partial charge in [0.2, 0.25) is 11.8 Å². The maximum absolute atomic E-state index is 13.3. The zero-order valence-electron chi connectivity index (χ0n) is 17.2. The number of nitrogens with two attached hydrogens (primary N) is 1. The second kappa shape index (κ2) is 7.96. The third-order valence-electron chi connectivity index (χ3n) is 6.95. The van der Waals surface area contributed by atoms with E-state index in [2.05, 4.69) is 9.88 Å². The number of aliphatic carboxylic acids is 1. The lowest BCUT2D eigenvalue weighted by atomic mass is 9.79. The van der Waals surface area contributed by atoms with Gasteiger partial charge in [-0.1, -0.05) is 6.07 Å². The van der Waals surface area contributed by atoms with Crippen LogP contribution in [-0.4, -0.2) is 88.4 Å². The molecule has 1 spiro atoms. The minimum atomic E-state index is -0.983. The summed E-state index contributed by atoms with van der Waals surface area (Å²) in [5.74, 6) is -2.60. The molecule has 162 valence electrons. The summed E-state index contributed by atoms with van der Waals surface area (Å²) in [6.45, 7) is 3.85.